The summed E-state index contributed by atoms with van der Waals surface area (Å²) in [6, 6.07) is 9.09. The first-order valence-corrected chi connectivity index (χ1v) is 7.79. The standard InChI is InChI=1S/C19H24FN3/c1-6-23(5)12-21-17-10-15(4)18(11-14(17)3)22-19-9-13(2)7-8-16(19)20/h7-12,22H,6H2,1-5H3. The molecule has 4 heteroatoms. The van der Waals surface area contributed by atoms with E-state index in [1.54, 1.807) is 6.07 Å². The maximum absolute atomic E-state index is 13.9. The highest BCUT2D eigenvalue weighted by Gasteiger charge is 2.07. The highest BCUT2D eigenvalue weighted by atomic mass is 19.1. The molecule has 3 nitrogen and oxygen atoms in total. The Hall–Kier alpha value is -2.36. The van der Waals surface area contributed by atoms with Gasteiger partial charge in [-0.05, 0) is 68.7 Å². The second-order valence-corrected chi connectivity index (χ2v) is 5.88. The van der Waals surface area contributed by atoms with Crippen molar-refractivity contribution in [3.8, 4) is 0 Å². The Morgan fingerprint density at radius 1 is 1.09 bits per heavy atom. The van der Waals surface area contributed by atoms with E-state index in [-0.39, 0.29) is 5.82 Å². The lowest BCUT2D eigenvalue weighted by Crippen LogP contribution is -2.14. The molecule has 0 fully saturated rings. The van der Waals surface area contributed by atoms with E-state index in [9.17, 15) is 4.39 Å². The number of nitrogens with zero attached hydrogens (tertiary/aromatic N) is 2. The van der Waals surface area contributed by atoms with Gasteiger partial charge in [0.1, 0.15) is 5.82 Å². The molecule has 122 valence electrons. The van der Waals surface area contributed by atoms with Gasteiger partial charge in [-0.3, -0.25) is 0 Å². The van der Waals surface area contributed by atoms with Crippen LogP contribution in [-0.4, -0.2) is 24.8 Å². The number of aryl methyl sites for hydroxylation is 3. The molecule has 0 aliphatic heterocycles. The number of nitrogens with one attached hydrogen (secondary N) is 1. The van der Waals surface area contributed by atoms with Gasteiger partial charge in [-0.1, -0.05) is 6.07 Å². The van der Waals surface area contributed by atoms with Crippen LogP contribution in [0.4, 0.5) is 21.5 Å². The van der Waals surface area contributed by atoms with Crippen LogP contribution in [0.3, 0.4) is 0 Å². The summed E-state index contributed by atoms with van der Waals surface area (Å²) in [5.41, 5.74) is 5.42. The molecule has 2 rings (SSSR count). The quantitative estimate of drug-likeness (QED) is 0.614. The van der Waals surface area contributed by atoms with Crippen molar-refractivity contribution in [2.24, 2.45) is 4.99 Å². The molecule has 0 aliphatic carbocycles. The summed E-state index contributed by atoms with van der Waals surface area (Å²) in [7, 11) is 1.99. The Morgan fingerprint density at radius 2 is 1.83 bits per heavy atom. The number of hydrogen-bond donors (Lipinski definition) is 1. The molecule has 0 atom stereocenters. The molecule has 0 spiro atoms. The topological polar surface area (TPSA) is 27.6 Å². The third-order valence-corrected chi connectivity index (χ3v) is 3.83. The van der Waals surface area contributed by atoms with E-state index in [0.29, 0.717) is 5.69 Å². The van der Waals surface area contributed by atoms with Gasteiger partial charge in [-0.15, -0.1) is 0 Å². The van der Waals surface area contributed by atoms with Crippen molar-refractivity contribution in [2.75, 3.05) is 18.9 Å². The van der Waals surface area contributed by atoms with Gasteiger partial charge >= 0.3 is 0 Å². The van der Waals surface area contributed by atoms with Gasteiger partial charge in [0, 0.05) is 19.3 Å². The number of halogens is 1. The summed E-state index contributed by atoms with van der Waals surface area (Å²) in [5, 5.41) is 3.19. The fourth-order valence-corrected chi connectivity index (χ4v) is 2.20. The average Bonchev–Trinajstić information content (AvgIpc) is 2.52. The average molecular weight is 313 g/mol. The zero-order valence-electron chi connectivity index (χ0n) is 14.4. The molecule has 0 heterocycles. The predicted molar refractivity (Wildman–Crippen MR) is 96.8 cm³/mol. The Balaban J connectivity index is 2.29. The fourth-order valence-electron chi connectivity index (χ4n) is 2.20. The van der Waals surface area contributed by atoms with Gasteiger partial charge in [0.15, 0.2) is 0 Å². The molecule has 0 aliphatic rings. The van der Waals surface area contributed by atoms with Crippen molar-refractivity contribution in [2.45, 2.75) is 27.7 Å². The number of anilines is 2. The van der Waals surface area contributed by atoms with Gasteiger partial charge < -0.3 is 10.2 Å². The second-order valence-electron chi connectivity index (χ2n) is 5.88. The molecule has 23 heavy (non-hydrogen) atoms. The Kier molecular flexibility index (Phi) is 5.37. The summed E-state index contributed by atoms with van der Waals surface area (Å²) < 4.78 is 13.9. The van der Waals surface area contributed by atoms with Crippen LogP contribution in [0.5, 0.6) is 0 Å². The number of aliphatic imine (C=N–C) groups is 1. The summed E-state index contributed by atoms with van der Waals surface area (Å²) >= 11 is 0. The summed E-state index contributed by atoms with van der Waals surface area (Å²) in [4.78, 5) is 6.53. The lowest BCUT2D eigenvalue weighted by Gasteiger charge is -2.14. The minimum absolute atomic E-state index is 0.251. The van der Waals surface area contributed by atoms with Crippen LogP contribution in [0.1, 0.15) is 23.6 Å². The Morgan fingerprint density at radius 3 is 2.52 bits per heavy atom. The molecule has 0 saturated heterocycles. The second kappa shape index (κ2) is 7.27. The largest absolute Gasteiger partial charge is 0.366 e. The highest BCUT2D eigenvalue weighted by Crippen LogP contribution is 2.29. The van der Waals surface area contributed by atoms with Crippen LogP contribution >= 0.6 is 0 Å². The third kappa shape index (κ3) is 4.31. The van der Waals surface area contributed by atoms with Gasteiger partial charge in [0.2, 0.25) is 0 Å². The molecular formula is C19H24FN3. The van der Waals surface area contributed by atoms with E-state index in [0.717, 1.165) is 34.6 Å². The molecule has 0 saturated carbocycles. The lowest BCUT2D eigenvalue weighted by molar-refractivity contribution is 0.552. The van der Waals surface area contributed by atoms with E-state index in [1.165, 1.54) is 6.07 Å². The molecule has 2 aromatic rings. The predicted octanol–water partition coefficient (Wildman–Crippen LogP) is 5.11. The van der Waals surface area contributed by atoms with Crippen LogP contribution in [0.25, 0.3) is 0 Å². The van der Waals surface area contributed by atoms with Crippen molar-refractivity contribution in [3.63, 3.8) is 0 Å². The van der Waals surface area contributed by atoms with E-state index in [4.69, 9.17) is 0 Å². The lowest BCUT2D eigenvalue weighted by atomic mass is 10.1. The number of hydrogen-bond acceptors (Lipinski definition) is 2. The maximum atomic E-state index is 13.9. The highest BCUT2D eigenvalue weighted by molar-refractivity contribution is 5.71. The van der Waals surface area contributed by atoms with Crippen LogP contribution in [0.15, 0.2) is 35.3 Å². The summed E-state index contributed by atoms with van der Waals surface area (Å²) in [6.07, 6.45) is 1.83. The minimum atomic E-state index is -0.251. The van der Waals surface area contributed by atoms with E-state index < -0.39 is 0 Å². The molecular weight excluding hydrogens is 289 g/mol. The number of rotatable bonds is 5. The van der Waals surface area contributed by atoms with Crippen molar-refractivity contribution < 1.29 is 4.39 Å². The van der Waals surface area contributed by atoms with Gasteiger partial charge in [-0.2, -0.15) is 0 Å². The molecule has 2 aromatic carbocycles. The monoisotopic (exact) mass is 313 g/mol. The molecule has 0 amide bonds. The van der Waals surface area contributed by atoms with Crippen LogP contribution in [0, 0.1) is 26.6 Å². The van der Waals surface area contributed by atoms with Crippen molar-refractivity contribution >= 4 is 23.4 Å². The van der Waals surface area contributed by atoms with Crippen molar-refractivity contribution in [1.82, 2.24) is 4.90 Å². The zero-order valence-corrected chi connectivity index (χ0v) is 14.4. The van der Waals surface area contributed by atoms with E-state index >= 15 is 0 Å². The van der Waals surface area contributed by atoms with Crippen LogP contribution in [0.2, 0.25) is 0 Å². The van der Waals surface area contributed by atoms with Crippen LogP contribution < -0.4 is 5.32 Å². The summed E-state index contributed by atoms with van der Waals surface area (Å²) in [6.45, 7) is 8.94. The molecule has 0 radical (unpaired) electrons. The van der Waals surface area contributed by atoms with Gasteiger partial charge in [-0.25, -0.2) is 9.38 Å². The first kappa shape index (κ1) is 17.0. The number of benzene rings is 2. The fraction of sp³-hybridized carbons (Fsp3) is 0.316. The van der Waals surface area contributed by atoms with E-state index in [2.05, 4.69) is 17.2 Å². The van der Waals surface area contributed by atoms with Crippen molar-refractivity contribution in [3.05, 3.63) is 52.8 Å². The first-order chi connectivity index (χ1) is 10.9. The molecule has 1 N–H and O–H groups in total. The Labute approximate surface area is 137 Å². The normalized spacial score (nSPS) is 11.0. The third-order valence-electron chi connectivity index (χ3n) is 3.83. The SMILES string of the molecule is CCN(C)C=Nc1cc(C)c(Nc2cc(C)ccc2F)cc1C. The van der Waals surface area contributed by atoms with Gasteiger partial charge in [0.05, 0.1) is 17.7 Å². The minimum Gasteiger partial charge on any atom is -0.366 e. The maximum Gasteiger partial charge on any atom is 0.146 e. The molecule has 0 bridgehead atoms. The van der Waals surface area contributed by atoms with E-state index in [1.807, 2.05) is 57.3 Å². The first-order valence-electron chi connectivity index (χ1n) is 7.79. The van der Waals surface area contributed by atoms with Gasteiger partial charge in [0.25, 0.3) is 0 Å². The molecule has 0 unspecified atom stereocenters. The summed E-state index contributed by atoms with van der Waals surface area (Å²) in [5.74, 6) is -0.251. The zero-order chi connectivity index (χ0) is 17.0. The van der Waals surface area contributed by atoms with Crippen molar-refractivity contribution in [1.29, 1.82) is 0 Å². The Bertz CT molecular complexity index is 723. The molecule has 0 aromatic heterocycles. The van der Waals surface area contributed by atoms with Crippen LogP contribution in [-0.2, 0) is 0 Å². The smallest absolute Gasteiger partial charge is 0.146 e.